The van der Waals surface area contributed by atoms with E-state index in [1.807, 2.05) is 37.3 Å². The normalized spacial score (nSPS) is 14.3. The molecule has 1 aliphatic rings. The quantitative estimate of drug-likeness (QED) is 0.198. The molecule has 3 aromatic rings. The summed E-state index contributed by atoms with van der Waals surface area (Å²) in [5.41, 5.74) is 4.57. The third-order valence-corrected chi connectivity index (χ3v) is 7.67. The average molecular weight is 683 g/mol. The summed E-state index contributed by atoms with van der Waals surface area (Å²) in [5, 5.41) is 1.47. The lowest BCUT2D eigenvalue weighted by Crippen LogP contribution is -2.44. The molecule has 0 bridgehead atoms. The number of halogens is 3. The minimum atomic E-state index is -0.492. The van der Waals surface area contributed by atoms with Crippen LogP contribution in [0.4, 0.5) is 0 Å². The number of hydrogen-bond acceptors (Lipinski definition) is 6. The number of hydrazine groups is 1. The molecule has 37 heavy (non-hydrogen) atoms. The number of amides is 2. The van der Waals surface area contributed by atoms with Crippen molar-refractivity contribution in [3.63, 3.8) is 0 Å². The second kappa shape index (κ2) is 12.4. The van der Waals surface area contributed by atoms with Gasteiger partial charge in [-0.05, 0) is 94.7 Å². The van der Waals surface area contributed by atoms with E-state index in [2.05, 4.69) is 37.3 Å². The standard InChI is InChI=1S/C26H19Br2ClN2O4S2/c1-2-34-21-11-16(10-20(28)23(21)35-14-15-6-8-18(27)9-7-15)12-22-25(33)31(26(36)37-22)30-24(32)17-4-3-5-19(29)13-17/h3-13H,2,14H2,1H3,(H,30,32)/b22-12+. The Morgan fingerprint density at radius 1 is 1.14 bits per heavy atom. The highest BCUT2D eigenvalue weighted by molar-refractivity contribution is 9.10. The highest BCUT2D eigenvalue weighted by Crippen LogP contribution is 2.39. The molecule has 1 N–H and O–H groups in total. The van der Waals surface area contributed by atoms with Crippen LogP contribution in [0.15, 0.2) is 74.5 Å². The number of thiocarbonyl (C=S) groups is 1. The summed E-state index contributed by atoms with van der Waals surface area (Å²) >= 11 is 19.4. The number of hydrogen-bond donors (Lipinski definition) is 1. The zero-order chi connectivity index (χ0) is 26.5. The van der Waals surface area contributed by atoms with Crippen LogP contribution < -0.4 is 14.9 Å². The Morgan fingerprint density at radius 2 is 1.89 bits per heavy atom. The molecular weight excluding hydrogens is 664 g/mol. The first kappa shape index (κ1) is 27.7. The Kier molecular flexibility index (Phi) is 9.31. The van der Waals surface area contributed by atoms with E-state index in [0.717, 1.165) is 26.8 Å². The van der Waals surface area contributed by atoms with E-state index in [1.54, 1.807) is 30.3 Å². The van der Waals surface area contributed by atoms with Gasteiger partial charge in [0, 0.05) is 15.1 Å². The minimum absolute atomic E-state index is 0.213. The van der Waals surface area contributed by atoms with Gasteiger partial charge in [0.2, 0.25) is 0 Å². The molecule has 3 aromatic carbocycles. The summed E-state index contributed by atoms with van der Waals surface area (Å²) in [6.45, 7) is 2.67. The van der Waals surface area contributed by atoms with Crippen LogP contribution >= 0.6 is 67.4 Å². The summed E-state index contributed by atoms with van der Waals surface area (Å²) in [6.07, 6.45) is 1.69. The molecule has 11 heteroatoms. The van der Waals surface area contributed by atoms with Crippen molar-refractivity contribution in [3.05, 3.63) is 96.2 Å². The zero-order valence-electron chi connectivity index (χ0n) is 19.3. The predicted octanol–water partition coefficient (Wildman–Crippen LogP) is 7.39. The van der Waals surface area contributed by atoms with Gasteiger partial charge >= 0.3 is 0 Å². The van der Waals surface area contributed by atoms with Gasteiger partial charge in [0.1, 0.15) is 6.61 Å². The van der Waals surface area contributed by atoms with Crippen LogP contribution in [0.5, 0.6) is 11.5 Å². The summed E-state index contributed by atoms with van der Waals surface area (Å²) in [4.78, 5) is 26.0. The largest absolute Gasteiger partial charge is 0.490 e. The molecule has 0 spiro atoms. The minimum Gasteiger partial charge on any atom is -0.490 e. The maximum Gasteiger partial charge on any atom is 0.285 e. The molecule has 0 unspecified atom stereocenters. The van der Waals surface area contributed by atoms with Gasteiger partial charge in [-0.25, -0.2) is 0 Å². The topological polar surface area (TPSA) is 67.9 Å². The van der Waals surface area contributed by atoms with Crippen molar-refractivity contribution in [2.24, 2.45) is 0 Å². The van der Waals surface area contributed by atoms with Gasteiger partial charge in [0.15, 0.2) is 15.8 Å². The second-order valence-corrected chi connectivity index (χ2v) is 11.5. The van der Waals surface area contributed by atoms with Crippen molar-refractivity contribution in [1.82, 2.24) is 10.4 Å². The van der Waals surface area contributed by atoms with E-state index in [0.29, 0.717) is 50.2 Å². The van der Waals surface area contributed by atoms with E-state index in [-0.39, 0.29) is 4.32 Å². The third kappa shape index (κ3) is 6.94. The molecule has 1 heterocycles. The predicted molar refractivity (Wildman–Crippen MR) is 158 cm³/mol. The van der Waals surface area contributed by atoms with Crippen molar-refractivity contribution in [1.29, 1.82) is 0 Å². The third-order valence-electron chi connectivity index (χ3n) is 5.02. The number of rotatable bonds is 8. The molecule has 0 radical (unpaired) electrons. The Bertz CT molecular complexity index is 1400. The molecule has 0 aromatic heterocycles. The monoisotopic (exact) mass is 680 g/mol. The number of nitrogens with zero attached hydrogens (tertiary/aromatic N) is 1. The number of carbonyl (C=O) groups is 2. The van der Waals surface area contributed by atoms with E-state index >= 15 is 0 Å². The van der Waals surface area contributed by atoms with Crippen molar-refractivity contribution in [3.8, 4) is 11.5 Å². The molecule has 0 aliphatic carbocycles. The first-order chi connectivity index (χ1) is 17.7. The van der Waals surface area contributed by atoms with E-state index in [9.17, 15) is 9.59 Å². The van der Waals surface area contributed by atoms with Gasteiger partial charge in [0.05, 0.1) is 16.0 Å². The molecule has 1 fully saturated rings. The number of thioether (sulfide) groups is 1. The van der Waals surface area contributed by atoms with Gasteiger partial charge in [0.25, 0.3) is 11.8 Å². The molecular formula is C26H19Br2ClN2O4S2. The Morgan fingerprint density at radius 3 is 2.59 bits per heavy atom. The number of ether oxygens (including phenoxy) is 2. The molecule has 4 rings (SSSR count). The van der Waals surface area contributed by atoms with Gasteiger partial charge < -0.3 is 9.47 Å². The molecule has 6 nitrogen and oxygen atoms in total. The van der Waals surface area contributed by atoms with E-state index in [4.69, 9.17) is 33.3 Å². The van der Waals surface area contributed by atoms with Crippen LogP contribution in [0.1, 0.15) is 28.4 Å². The van der Waals surface area contributed by atoms with Gasteiger partial charge in [-0.15, -0.1) is 0 Å². The van der Waals surface area contributed by atoms with Gasteiger partial charge in [-0.3, -0.25) is 15.0 Å². The van der Waals surface area contributed by atoms with Crippen LogP contribution in [0.25, 0.3) is 6.08 Å². The van der Waals surface area contributed by atoms with E-state index in [1.165, 1.54) is 6.07 Å². The summed E-state index contributed by atoms with van der Waals surface area (Å²) in [5.74, 6) is 0.164. The van der Waals surface area contributed by atoms with Crippen molar-refractivity contribution in [2.45, 2.75) is 13.5 Å². The molecule has 190 valence electrons. The maximum atomic E-state index is 13.0. The highest BCUT2D eigenvalue weighted by atomic mass is 79.9. The second-order valence-electron chi connectivity index (χ2n) is 7.65. The highest BCUT2D eigenvalue weighted by Gasteiger charge is 2.34. The molecule has 1 saturated heterocycles. The SMILES string of the molecule is CCOc1cc(/C=C2/SC(=S)N(NC(=O)c3cccc(Cl)c3)C2=O)cc(Br)c1OCc1ccc(Br)cc1. The lowest BCUT2D eigenvalue weighted by atomic mass is 10.1. The molecule has 1 aliphatic heterocycles. The van der Waals surface area contributed by atoms with Crippen LogP contribution in [0.2, 0.25) is 5.02 Å². The number of nitrogens with one attached hydrogen (secondary N) is 1. The molecule has 0 saturated carbocycles. The fourth-order valence-electron chi connectivity index (χ4n) is 3.32. The first-order valence-electron chi connectivity index (χ1n) is 10.9. The molecule has 2 amide bonds. The number of benzene rings is 3. The van der Waals surface area contributed by atoms with Crippen molar-refractivity contribution in [2.75, 3.05) is 6.61 Å². The Balaban J connectivity index is 1.53. The van der Waals surface area contributed by atoms with Gasteiger partial charge in [-0.2, -0.15) is 5.01 Å². The zero-order valence-corrected chi connectivity index (χ0v) is 24.9. The first-order valence-corrected chi connectivity index (χ1v) is 14.1. The van der Waals surface area contributed by atoms with Crippen LogP contribution in [-0.2, 0) is 11.4 Å². The molecule has 0 atom stereocenters. The summed E-state index contributed by atoms with van der Waals surface area (Å²) in [6, 6.07) is 17.9. The Labute approximate surface area is 245 Å². The smallest absolute Gasteiger partial charge is 0.285 e. The van der Waals surface area contributed by atoms with Crippen LogP contribution in [0.3, 0.4) is 0 Å². The summed E-state index contributed by atoms with van der Waals surface area (Å²) in [7, 11) is 0. The van der Waals surface area contributed by atoms with Crippen molar-refractivity contribution >= 4 is 89.7 Å². The number of carbonyl (C=O) groups excluding carboxylic acids is 2. The van der Waals surface area contributed by atoms with E-state index < -0.39 is 11.8 Å². The maximum absolute atomic E-state index is 13.0. The fraction of sp³-hybridized carbons (Fsp3) is 0.115. The fourth-order valence-corrected chi connectivity index (χ4v) is 5.53. The van der Waals surface area contributed by atoms with Crippen LogP contribution in [0, 0.1) is 0 Å². The summed E-state index contributed by atoms with van der Waals surface area (Å²) < 4.78 is 13.8. The Hall–Kier alpha value is -2.37. The van der Waals surface area contributed by atoms with Crippen molar-refractivity contribution < 1.29 is 19.1 Å². The van der Waals surface area contributed by atoms with Crippen LogP contribution in [-0.4, -0.2) is 27.8 Å². The lowest BCUT2D eigenvalue weighted by molar-refractivity contribution is -0.123. The lowest BCUT2D eigenvalue weighted by Gasteiger charge is -2.16. The average Bonchev–Trinajstić information content (AvgIpc) is 3.12. The van der Waals surface area contributed by atoms with Gasteiger partial charge in [-0.1, -0.05) is 57.5 Å².